The number of hydrazine groups is 1. The minimum absolute atomic E-state index is 0.677. The van der Waals surface area contributed by atoms with Crippen LogP contribution in [-0.2, 0) is 0 Å². The fourth-order valence-electron chi connectivity index (χ4n) is 1.91. The van der Waals surface area contributed by atoms with Gasteiger partial charge in [-0.05, 0) is 5.56 Å². The third-order valence-corrected chi connectivity index (χ3v) is 2.82. The summed E-state index contributed by atoms with van der Waals surface area (Å²) in [6.45, 7) is 2.28. The van der Waals surface area contributed by atoms with E-state index < -0.39 is 0 Å². The van der Waals surface area contributed by atoms with E-state index in [0.29, 0.717) is 5.92 Å². The van der Waals surface area contributed by atoms with E-state index in [-0.39, 0.29) is 0 Å². The van der Waals surface area contributed by atoms with Gasteiger partial charge < -0.3 is 0 Å². The summed E-state index contributed by atoms with van der Waals surface area (Å²) >= 11 is 0. The molecule has 2 nitrogen and oxygen atoms in total. The Hall–Kier alpha value is -0.860. The summed E-state index contributed by atoms with van der Waals surface area (Å²) in [5.74, 6) is 0.677. The van der Waals surface area contributed by atoms with Gasteiger partial charge in [-0.1, -0.05) is 30.3 Å². The van der Waals surface area contributed by atoms with E-state index in [9.17, 15) is 0 Å². The molecule has 0 spiro atoms. The van der Waals surface area contributed by atoms with Crippen LogP contribution in [0, 0.1) is 0 Å². The first-order valence-electron chi connectivity index (χ1n) is 4.74. The van der Waals surface area contributed by atoms with Crippen LogP contribution < -0.4 is 0 Å². The molecule has 1 aromatic carbocycles. The molecule has 1 aromatic rings. The smallest absolute Gasteiger partial charge is 0.0211 e. The van der Waals surface area contributed by atoms with Gasteiger partial charge in [0.2, 0.25) is 0 Å². The Morgan fingerprint density at radius 2 is 1.54 bits per heavy atom. The molecule has 0 bridgehead atoms. The van der Waals surface area contributed by atoms with Gasteiger partial charge in [0.15, 0.2) is 0 Å². The molecule has 0 radical (unpaired) electrons. The summed E-state index contributed by atoms with van der Waals surface area (Å²) in [6.07, 6.45) is 0. The lowest BCUT2D eigenvalue weighted by molar-refractivity contribution is 0.0894. The SMILES string of the molecule is CN1CC(c2ccccc2)CN1C. The summed E-state index contributed by atoms with van der Waals surface area (Å²) in [5, 5.41) is 4.55. The largest absolute Gasteiger partial charge is 0.244 e. The number of rotatable bonds is 1. The number of likely N-dealkylation sites (N-methyl/N-ethyl adjacent to an activating group) is 2. The molecular weight excluding hydrogens is 160 g/mol. The van der Waals surface area contributed by atoms with Crippen LogP contribution in [0.25, 0.3) is 0 Å². The van der Waals surface area contributed by atoms with Crippen molar-refractivity contribution in [3.8, 4) is 0 Å². The van der Waals surface area contributed by atoms with Crippen molar-refractivity contribution in [2.24, 2.45) is 0 Å². The van der Waals surface area contributed by atoms with Gasteiger partial charge in [0, 0.05) is 33.1 Å². The molecule has 0 atom stereocenters. The summed E-state index contributed by atoms with van der Waals surface area (Å²) in [7, 11) is 4.28. The summed E-state index contributed by atoms with van der Waals surface area (Å²) in [5.41, 5.74) is 1.46. The normalized spacial score (nSPS) is 21.1. The van der Waals surface area contributed by atoms with Gasteiger partial charge in [0.25, 0.3) is 0 Å². The summed E-state index contributed by atoms with van der Waals surface area (Å²) < 4.78 is 0. The average Bonchev–Trinajstić information content (AvgIpc) is 2.49. The predicted molar refractivity (Wildman–Crippen MR) is 54.4 cm³/mol. The van der Waals surface area contributed by atoms with Gasteiger partial charge in [-0.15, -0.1) is 0 Å². The van der Waals surface area contributed by atoms with Crippen LogP contribution in [0.5, 0.6) is 0 Å². The van der Waals surface area contributed by atoms with E-state index >= 15 is 0 Å². The summed E-state index contributed by atoms with van der Waals surface area (Å²) in [6, 6.07) is 10.8. The lowest BCUT2D eigenvalue weighted by Gasteiger charge is -2.16. The van der Waals surface area contributed by atoms with Gasteiger partial charge in [-0.25, -0.2) is 10.0 Å². The van der Waals surface area contributed by atoms with E-state index in [2.05, 4.69) is 54.4 Å². The maximum absolute atomic E-state index is 2.28. The molecule has 0 aromatic heterocycles. The van der Waals surface area contributed by atoms with Crippen LogP contribution in [0.1, 0.15) is 11.5 Å². The predicted octanol–water partition coefficient (Wildman–Crippen LogP) is 1.56. The molecule has 1 heterocycles. The van der Waals surface area contributed by atoms with Crippen LogP contribution in [0.2, 0.25) is 0 Å². The first-order chi connectivity index (χ1) is 6.27. The minimum Gasteiger partial charge on any atom is -0.244 e. The Morgan fingerprint density at radius 3 is 2.08 bits per heavy atom. The number of hydrogen-bond acceptors (Lipinski definition) is 2. The van der Waals surface area contributed by atoms with Gasteiger partial charge in [-0.3, -0.25) is 0 Å². The van der Waals surface area contributed by atoms with Gasteiger partial charge in [0.05, 0.1) is 0 Å². The highest BCUT2D eigenvalue weighted by molar-refractivity contribution is 5.21. The molecule has 0 N–H and O–H groups in total. The second-order valence-electron chi connectivity index (χ2n) is 3.79. The molecule has 13 heavy (non-hydrogen) atoms. The number of nitrogens with zero attached hydrogens (tertiary/aromatic N) is 2. The van der Waals surface area contributed by atoms with Crippen molar-refractivity contribution in [2.45, 2.75) is 5.92 Å². The van der Waals surface area contributed by atoms with Crippen molar-refractivity contribution >= 4 is 0 Å². The van der Waals surface area contributed by atoms with E-state index in [1.54, 1.807) is 0 Å². The summed E-state index contributed by atoms with van der Waals surface area (Å²) in [4.78, 5) is 0. The molecule has 2 heteroatoms. The van der Waals surface area contributed by atoms with Crippen LogP contribution >= 0.6 is 0 Å². The molecule has 0 aliphatic carbocycles. The molecule has 1 aliphatic rings. The van der Waals surface area contributed by atoms with Gasteiger partial charge in [0.1, 0.15) is 0 Å². The first kappa shape index (κ1) is 8.73. The maximum Gasteiger partial charge on any atom is 0.0211 e. The molecule has 0 amide bonds. The zero-order valence-electron chi connectivity index (χ0n) is 8.27. The fraction of sp³-hybridized carbons (Fsp3) is 0.455. The second kappa shape index (κ2) is 3.48. The fourth-order valence-corrected chi connectivity index (χ4v) is 1.91. The third-order valence-electron chi connectivity index (χ3n) is 2.82. The molecule has 1 saturated heterocycles. The quantitative estimate of drug-likeness (QED) is 0.640. The average molecular weight is 176 g/mol. The first-order valence-corrected chi connectivity index (χ1v) is 4.74. The zero-order valence-corrected chi connectivity index (χ0v) is 8.27. The van der Waals surface area contributed by atoms with Crippen molar-refractivity contribution in [3.05, 3.63) is 35.9 Å². The lowest BCUT2D eigenvalue weighted by atomic mass is 10.0. The molecule has 1 fully saturated rings. The lowest BCUT2D eigenvalue weighted by Crippen LogP contribution is -2.28. The molecule has 1 aliphatic heterocycles. The van der Waals surface area contributed by atoms with Crippen LogP contribution in [-0.4, -0.2) is 37.2 Å². The number of benzene rings is 1. The van der Waals surface area contributed by atoms with Crippen LogP contribution in [0.4, 0.5) is 0 Å². The topological polar surface area (TPSA) is 6.48 Å². The monoisotopic (exact) mass is 176 g/mol. The Labute approximate surface area is 79.7 Å². The molecular formula is C11H16N2. The van der Waals surface area contributed by atoms with E-state index in [0.717, 1.165) is 13.1 Å². The molecule has 0 unspecified atom stereocenters. The Morgan fingerprint density at radius 1 is 1.00 bits per heavy atom. The van der Waals surface area contributed by atoms with E-state index in [4.69, 9.17) is 0 Å². The van der Waals surface area contributed by atoms with Crippen molar-refractivity contribution in [1.29, 1.82) is 0 Å². The minimum atomic E-state index is 0.677. The van der Waals surface area contributed by atoms with Crippen molar-refractivity contribution < 1.29 is 0 Å². The van der Waals surface area contributed by atoms with Crippen molar-refractivity contribution in [2.75, 3.05) is 27.2 Å². The highest BCUT2D eigenvalue weighted by Crippen LogP contribution is 2.23. The molecule has 70 valence electrons. The van der Waals surface area contributed by atoms with Crippen LogP contribution in [0.3, 0.4) is 0 Å². The van der Waals surface area contributed by atoms with Gasteiger partial charge in [-0.2, -0.15) is 0 Å². The Balaban J connectivity index is 2.12. The Kier molecular flexibility index (Phi) is 2.34. The van der Waals surface area contributed by atoms with E-state index in [1.807, 2.05) is 0 Å². The maximum atomic E-state index is 2.28. The zero-order chi connectivity index (χ0) is 9.26. The van der Waals surface area contributed by atoms with Crippen molar-refractivity contribution in [3.63, 3.8) is 0 Å². The van der Waals surface area contributed by atoms with Crippen LogP contribution in [0.15, 0.2) is 30.3 Å². The Bertz CT molecular complexity index is 261. The third kappa shape index (κ3) is 1.74. The highest BCUT2D eigenvalue weighted by atomic mass is 15.6. The van der Waals surface area contributed by atoms with Crippen molar-refractivity contribution in [1.82, 2.24) is 10.0 Å². The standard InChI is InChI=1S/C11H16N2/c1-12-8-11(9-13(12)2)10-6-4-3-5-7-10/h3-7,11H,8-9H2,1-2H3. The molecule has 2 rings (SSSR count). The number of hydrogen-bond donors (Lipinski definition) is 0. The molecule has 0 saturated carbocycles. The van der Waals surface area contributed by atoms with Gasteiger partial charge >= 0.3 is 0 Å². The highest BCUT2D eigenvalue weighted by Gasteiger charge is 2.25. The second-order valence-corrected chi connectivity index (χ2v) is 3.79. The van der Waals surface area contributed by atoms with E-state index in [1.165, 1.54) is 5.56 Å².